The minimum Gasteiger partial charge on any atom is -0.369 e. The minimum atomic E-state index is -4.86. The number of aromatic amines is 1. The summed E-state index contributed by atoms with van der Waals surface area (Å²) in [5.41, 5.74) is -3.80. The number of rotatable bonds is 7. The van der Waals surface area contributed by atoms with E-state index in [4.69, 9.17) is 0 Å². The number of aromatic nitrogens is 4. The van der Waals surface area contributed by atoms with E-state index in [9.17, 15) is 39.6 Å². The Bertz CT molecular complexity index is 1140. The fourth-order valence-electron chi connectivity index (χ4n) is 3.10. The van der Waals surface area contributed by atoms with E-state index in [1.807, 2.05) is 0 Å². The third kappa shape index (κ3) is 6.34. The highest BCUT2D eigenvalue weighted by Gasteiger charge is 2.35. The largest absolute Gasteiger partial charge is 0.421 e. The van der Waals surface area contributed by atoms with E-state index in [0.717, 1.165) is 0 Å². The standard InChI is InChI=1S/C17H19F6N7O3S/c18-16(19,20)11-9-25-15(26-10-11)29-3-5-30(6-4-29)34(32,33)7-1-2-24-13-8-12(17(21,22)23)14(31)28-27-13/h8-10H,1-7H2,(H,24,27)(H,28,31). The molecule has 0 atom stereocenters. The first-order valence-corrected chi connectivity index (χ1v) is 11.4. The first-order chi connectivity index (χ1) is 15.8. The molecule has 0 radical (unpaired) electrons. The van der Waals surface area contributed by atoms with Gasteiger partial charge in [0.05, 0.1) is 11.3 Å². The molecule has 2 aromatic rings. The van der Waals surface area contributed by atoms with Gasteiger partial charge in [-0.15, -0.1) is 0 Å². The monoisotopic (exact) mass is 515 g/mol. The first kappa shape index (κ1) is 25.7. The summed E-state index contributed by atoms with van der Waals surface area (Å²) in [4.78, 5) is 20.2. The molecule has 1 aliphatic rings. The maximum absolute atomic E-state index is 12.8. The van der Waals surface area contributed by atoms with E-state index in [0.29, 0.717) is 18.5 Å². The van der Waals surface area contributed by atoms with E-state index in [1.165, 1.54) is 4.31 Å². The third-order valence-corrected chi connectivity index (χ3v) is 6.83. The molecule has 188 valence electrons. The molecular formula is C17H19F6N7O3S. The van der Waals surface area contributed by atoms with Crippen molar-refractivity contribution in [3.63, 3.8) is 0 Å². The quantitative estimate of drug-likeness (QED) is 0.421. The van der Waals surface area contributed by atoms with Gasteiger partial charge in [0.1, 0.15) is 11.4 Å². The zero-order chi connectivity index (χ0) is 25.1. The number of halogens is 6. The van der Waals surface area contributed by atoms with Crippen LogP contribution >= 0.6 is 0 Å². The van der Waals surface area contributed by atoms with Gasteiger partial charge in [-0.3, -0.25) is 4.79 Å². The van der Waals surface area contributed by atoms with Crippen molar-refractivity contribution in [2.24, 2.45) is 0 Å². The van der Waals surface area contributed by atoms with E-state index >= 15 is 0 Å². The Balaban J connectivity index is 1.48. The number of nitrogens with zero attached hydrogens (tertiary/aromatic N) is 5. The molecule has 0 bridgehead atoms. The smallest absolute Gasteiger partial charge is 0.369 e. The number of hydrogen-bond donors (Lipinski definition) is 2. The van der Waals surface area contributed by atoms with Crippen LogP contribution in [0.5, 0.6) is 0 Å². The fourth-order valence-corrected chi connectivity index (χ4v) is 4.59. The van der Waals surface area contributed by atoms with Crippen molar-refractivity contribution in [3.8, 4) is 0 Å². The minimum absolute atomic E-state index is 0.0189. The predicted molar refractivity (Wildman–Crippen MR) is 108 cm³/mol. The second-order valence-corrected chi connectivity index (χ2v) is 9.33. The number of anilines is 2. The van der Waals surface area contributed by atoms with Crippen molar-refractivity contribution in [1.82, 2.24) is 24.5 Å². The van der Waals surface area contributed by atoms with Gasteiger partial charge >= 0.3 is 12.4 Å². The van der Waals surface area contributed by atoms with Crippen molar-refractivity contribution < 1.29 is 34.8 Å². The molecule has 17 heteroatoms. The molecule has 0 amide bonds. The van der Waals surface area contributed by atoms with Crippen LogP contribution < -0.4 is 15.8 Å². The molecule has 3 rings (SSSR count). The molecule has 2 N–H and O–H groups in total. The molecular weight excluding hydrogens is 496 g/mol. The average molecular weight is 515 g/mol. The van der Waals surface area contributed by atoms with Crippen molar-refractivity contribution in [3.05, 3.63) is 39.9 Å². The molecule has 2 aromatic heterocycles. The van der Waals surface area contributed by atoms with Crippen molar-refractivity contribution in [2.75, 3.05) is 48.7 Å². The zero-order valence-electron chi connectivity index (χ0n) is 17.3. The molecule has 1 saturated heterocycles. The van der Waals surface area contributed by atoms with Crippen LogP contribution in [-0.2, 0) is 22.4 Å². The van der Waals surface area contributed by atoms with Gasteiger partial charge in [-0.1, -0.05) is 0 Å². The number of sulfonamides is 1. The van der Waals surface area contributed by atoms with Gasteiger partial charge in [0, 0.05) is 51.2 Å². The van der Waals surface area contributed by atoms with Gasteiger partial charge in [0.25, 0.3) is 5.56 Å². The number of nitrogens with one attached hydrogen (secondary N) is 2. The van der Waals surface area contributed by atoms with Crippen LogP contribution in [0.1, 0.15) is 17.5 Å². The van der Waals surface area contributed by atoms with Crippen LogP contribution in [0.3, 0.4) is 0 Å². The first-order valence-electron chi connectivity index (χ1n) is 9.80. The van der Waals surface area contributed by atoms with Gasteiger partial charge in [0.2, 0.25) is 16.0 Å². The predicted octanol–water partition coefficient (Wildman–Crippen LogP) is 1.55. The van der Waals surface area contributed by atoms with Crippen molar-refractivity contribution >= 4 is 21.8 Å². The molecule has 34 heavy (non-hydrogen) atoms. The molecule has 10 nitrogen and oxygen atoms in total. The molecule has 1 fully saturated rings. The molecule has 0 unspecified atom stereocenters. The maximum atomic E-state index is 12.8. The van der Waals surface area contributed by atoms with E-state index in [1.54, 1.807) is 10.00 Å². The SMILES string of the molecule is O=c1[nH]nc(NCCCS(=O)(=O)N2CCN(c3ncc(C(F)(F)F)cn3)CC2)cc1C(F)(F)F. The van der Waals surface area contributed by atoms with Gasteiger partial charge in [-0.25, -0.2) is 23.5 Å². The van der Waals surface area contributed by atoms with E-state index in [2.05, 4.69) is 20.4 Å². The van der Waals surface area contributed by atoms with Crippen LogP contribution in [0.2, 0.25) is 0 Å². The van der Waals surface area contributed by atoms with E-state index < -0.39 is 39.1 Å². The molecule has 0 spiro atoms. The summed E-state index contributed by atoms with van der Waals surface area (Å²) in [6.45, 7) is 0.455. The molecule has 1 aliphatic heterocycles. The summed E-state index contributed by atoms with van der Waals surface area (Å²) in [5, 5.41) is 7.71. The Morgan fingerprint density at radius 1 is 1.00 bits per heavy atom. The van der Waals surface area contributed by atoms with Crippen molar-refractivity contribution in [2.45, 2.75) is 18.8 Å². The Kier molecular flexibility index (Phi) is 7.35. The number of alkyl halides is 6. The highest BCUT2D eigenvalue weighted by Crippen LogP contribution is 2.29. The second kappa shape index (κ2) is 9.73. The van der Waals surface area contributed by atoms with Gasteiger partial charge in [-0.05, 0) is 6.42 Å². The van der Waals surface area contributed by atoms with E-state index in [-0.39, 0.29) is 56.7 Å². The van der Waals surface area contributed by atoms with Crippen LogP contribution in [0.25, 0.3) is 0 Å². The number of hydrogen-bond acceptors (Lipinski definition) is 8. The number of piperazine rings is 1. The van der Waals surface area contributed by atoms with Crippen LogP contribution in [0, 0.1) is 0 Å². The Labute approximate surface area is 189 Å². The van der Waals surface area contributed by atoms with Crippen LogP contribution in [0.4, 0.5) is 38.1 Å². The summed E-state index contributed by atoms with van der Waals surface area (Å²) in [7, 11) is -3.69. The lowest BCUT2D eigenvalue weighted by Gasteiger charge is -2.34. The Morgan fingerprint density at radius 3 is 2.18 bits per heavy atom. The zero-order valence-corrected chi connectivity index (χ0v) is 18.1. The van der Waals surface area contributed by atoms with Crippen molar-refractivity contribution in [1.29, 1.82) is 0 Å². The van der Waals surface area contributed by atoms with Gasteiger partial charge in [0.15, 0.2) is 0 Å². The highest BCUT2D eigenvalue weighted by atomic mass is 32.2. The summed E-state index contributed by atoms with van der Waals surface area (Å²) in [6.07, 6.45) is -8.05. The highest BCUT2D eigenvalue weighted by molar-refractivity contribution is 7.89. The second-order valence-electron chi connectivity index (χ2n) is 7.25. The van der Waals surface area contributed by atoms with Crippen LogP contribution in [0.15, 0.2) is 23.3 Å². The summed E-state index contributed by atoms with van der Waals surface area (Å²) in [6, 6.07) is 0.538. The Hall–Kier alpha value is -2.95. The lowest BCUT2D eigenvalue weighted by Crippen LogP contribution is -2.49. The third-order valence-electron chi connectivity index (χ3n) is 4.87. The van der Waals surface area contributed by atoms with Gasteiger partial charge < -0.3 is 10.2 Å². The Morgan fingerprint density at radius 2 is 1.62 bits per heavy atom. The molecule has 0 aliphatic carbocycles. The van der Waals surface area contributed by atoms with Crippen LogP contribution in [-0.4, -0.2) is 71.4 Å². The maximum Gasteiger partial charge on any atom is 0.421 e. The normalized spacial score (nSPS) is 16.0. The summed E-state index contributed by atoms with van der Waals surface area (Å²) < 4.78 is 102. The van der Waals surface area contributed by atoms with Gasteiger partial charge in [-0.2, -0.15) is 35.7 Å². The lowest BCUT2D eigenvalue weighted by atomic mass is 10.3. The summed E-state index contributed by atoms with van der Waals surface area (Å²) in [5.74, 6) is -0.498. The molecule has 3 heterocycles. The topological polar surface area (TPSA) is 124 Å². The lowest BCUT2D eigenvalue weighted by molar-refractivity contribution is -0.139. The summed E-state index contributed by atoms with van der Waals surface area (Å²) >= 11 is 0. The fraction of sp³-hybridized carbons (Fsp3) is 0.529. The number of H-pyrrole nitrogens is 1. The molecule has 0 saturated carbocycles. The molecule has 0 aromatic carbocycles. The average Bonchev–Trinajstić information content (AvgIpc) is 2.76.